The van der Waals surface area contributed by atoms with Crippen molar-refractivity contribution >= 4 is 5.91 Å². The molecule has 0 unspecified atom stereocenters. The van der Waals surface area contributed by atoms with Gasteiger partial charge in [0.1, 0.15) is 11.6 Å². The summed E-state index contributed by atoms with van der Waals surface area (Å²) >= 11 is 0. The minimum atomic E-state index is -0.514. The van der Waals surface area contributed by atoms with E-state index in [1.54, 1.807) is 19.2 Å². The van der Waals surface area contributed by atoms with E-state index in [2.05, 4.69) is 5.32 Å². The van der Waals surface area contributed by atoms with Gasteiger partial charge in [0.25, 0.3) is 5.91 Å². The summed E-state index contributed by atoms with van der Waals surface area (Å²) in [5, 5.41) is 2.86. The predicted molar refractivity (Wildman–Crippen MR) is 79.9 cm³/mol. The zero-order valence-electron chi connectivity index (χ0n) is 12.1. The molecular formula is C17H18FNO2. The van der Waals surface area contributed by atoms with Gasteiger partial charge in [-0.3, -0.25) is 4.79 Å². The smallest absolute Gasteiger partial charge is 0.254 e. The van der Waals surface area contributed by atoms with Crippen molar-refractivity contribution in [2.75, 3.05) is 7.11 Å². The Labute approximate surface area is 123 Å². The average molecular weight is 287 g/mol. The molecular weight excluding hydrogens is 269 g/mol. The van der Waals surface area contributed by atoms with Gasteiger partial charge in [-0.15, -0.1) is 0 Å². The number of nitrogens with one attached hydrogen (secondary N) is 1. The predicted octanol–water partition coefficient (Wildman–Crippen LogP) is 3.72. The molecule has 2 rings (SSSR count). The summed E-state index contributed by atoms with van der Waals surface area (Å²) in [5.41, 5.74) is 1.02. The molecule has 1 amide bonds. The molecule has 0 aliphatic rings. The van der Waals surface area contributed by atoms with Gasteiger partial charge in [0.2, 0.25) is 0 Å². The van der Waals surface area contributed by atoms with Gasteiger partial charge in [-0.05, 0) is 36.2 Å². The van der Waals surface area contributed by atoms with Crippen molar-refractivity contribution < 1.29 is 13.9 Å². The van der Waals surface area contributed by atoms with E-state index in [9.17, 15) is 9.18 Å². The summed E-state index contributed by atoms with van der Waals surface area (Å²) in [7, 11) is 1.60. The van der Waals surface area contributed by atoms with Crippen LogP contribution in [0.4, 0.5) is 4.39 Å². The Morgan fingerprint density at radius 2 is 1.86 bits per heavy atom. The lowest BCUT2D eigenvalue weighted by atomic mass is 10.0. The molecule has 0 saturated carbocycles. The number of hydrogen-bond acceptors (Lipinski definition) is 2. The summed E-state index contributed by atoms with van der Waals surface area (Å²) < 4.78 is 18.7. The van der Waals surface area contributed by atoms with Crippen LogP contribution in [-0.2, 0) is 0 Å². The summed E-state index contributed by atoms with van der Waals surface area (Å²) in [6.45, 7) is 1.97. The third-order valence-electron chi connectivity index (χ3n) is 3.35. The lowest BCUT2D eigenvalue weighted by Crippen LogP contribution is -2.28. The van der Waals surface area contributed by atoms with E-state index < -0.39 is 11.7 Å². The van der Waals surface area contributed by atoms with Crippen molar-refractivity contribution in [3.63, 3.8) is 0 Å². The first-order valence-electron chi connectivity index (χ1n) is 6.85. The molecule has 4 heteroatoms. The fraction of sp³-hybridized carbons (Fsp3) is 0.235. The summed E-state index contributed by atoms with van der Waals surface area (Å²) in [5.74, 6) is -0.163. The van der Waals surface area contributed by atoms with E-state index in [1.165, 1.54) is 12.1 Å². The van der Waals surface area contributed by atoms with Gasteiger partial charge < -0.3 is 10.1 Å². The van der Waals surface area contributed by atoms with Crippen LogP contribution in [0.2, 0.25) is 0 Å². The van der Waals surface area contributed by atoms with Crippen molar-refractivity contribution in [1.29, 1.82) is 0 Å². The zero-order valence-corrected chi connectivity index (χ0v) is 12.1. The number of methoxy groups -OCH3 is 1. The topological polar surface area (TPSA) is 38.3 Å². The minimum absolute atomic E-state index is 0.0597. The molecule has 110 valence electrons. The lowest BCUT2D eigenvalue weighted by Gasteiger charge is -2.18. The summed E-state index contributed by atoms with van der Waals surface area (Å²) in [6, 6.07) is 13.3. The number of ether oxygens (including phenoxy) is 1. The third kappa shape index (κ3) is 3.60. The second kappa shape index (κ2) is 6.88. The standard InChI is InChI=1S/C17H18FNO2/c1-3-16(12-8-10-13(21-2)11-9-12)19-17(20)14-6-4-5-7-15(14)18/h4-11,16H,3H2,1-2H3,(H,19,20)/t16-/m0/s1. The van der Waals surface area contributed by atoms with Crippen LogP contribution in [-0.4, -0.2) is 13.0 Å². The molecule has 1 N–H and O–H groups in total. The van der Waals surface area contributed by atoms with Gasteiger partial charge in [-0.1, -0.05) is 31.2 Å². The van der Waals surface area contributed by atoms with Crippen LogP contribution >= 0.6 is 0 Å². The van der Waals surface area contributed by atoms with Crippen molar-refractivity contribution in [2.45, 2.75) is 19.4 Å². The minimum Gasteiger partial charge on any atom is -0.497 e. The van der Waals surface area contributed by atoms with Crippen LogP contribution in [0.5, 0.6) is 5.75 Å². The van der Waals surface area contributed by atoms with Crippen molar-refractivity contribution in [3.8, 4) is 5.75 Å². The molecule has 0 saturated heterocycles. The van der Waals surface area contributed by atoms with Crippen molar-refractivity contribution in [1.82, 2.24) is 5.32 Å². The molecule has 21 heavy (non-hydrogen) atoms. The number of carbonyl (C=O) groups excluding carboxylic acids is 1. The Morgan fingerprint density at radius 3 is 2.43 bits per heavy atom. The Morgan fingerprint density at radius 1 is 1.19 bits per heavy atom. The molecule has 0 aromatic heterocycles. The second-order valence-electron chi connectivity index (χ2n) is 4.69. The molecule has 2 aromatic carbocycles. The maximum atomic E-state index is 13.6. The van der Waals surface area contributed by atoms with Crippen LogP contribution < -0.4 is 10.1 Å². The molecule has 0 fully saturated rings. The van der Waals surface area contributed by atoms with E-state index in [0.717, 1.165) is 11.3 Å². The van der Waals surface area contributed by atoms with Gasteiger partial charge in [0, 0.05) is 0 Å². The Bertz CT molecular complexity index is 610. The average Bonchev–Trinajstić information content (AvgIpc) is 2.53. The maximum absolute atomic E-state index is 13.6. The highest BCUT2D eigenvalue weighted by molar-refractivity contribution is 5.94. The normalized spacial score (nSPS) is 11.8. The highest BCUT2D eigenvalue weighted by Gasteiger charge is 2.16. The molecule has 0 bridgehead atoms. The van der Waals surface area contributed by atoms with Crippen molar-refractivity contribution in [2.24, 2.45) is 0 Å². The van der Waals surface area contributed by atoms with Gasteiger partial charge >= 0.3 is 0 Å². The molecule has 0 spiro atoms. The molecule has 3 nitrogen and oxygen atoms in total. The van der Waals surface area contributed by atoms with E-state index in [0.29, 0.717) is 6.42 Å². The molecule has 1 atom stereocenters. The SMILES string of the molecule is CC[C@H](NC(=O)c1ccccc1F)c1ccc(OC)cc1. The van der Waals surface area contributed by atoms with E-state index in [-0.39, 0.29) is 11.6 Å². The number of carbonyl (C=O) groups is 1. The first kappa shape index (κ1) is 15.0. The van der Waals surface area contributed by atoms with Gasteiger partial charge in [-0.25, -0.2) is 4.39 Å². The molecule has 0 aliphatic heterocycles. The van der Waals surface area contributed by atoms with E-state index >= 15 is 0 Å². The third-order valence-corrected chi connectivity index (χ3v) is 3.35. The van der Waals surface area contributed by atoms with E-state index in [1.807, 2.05) is 31.2 Å². The quantitative estimate of drug-likeness (QED) is 0.910. The number of rotatable bonds is 5. The fourth-order valence-electron chi connectivity index (χ4n) is 2.14. The monoisotopic (exact) mass is 287 g/mol. The first-order valence-corrected chi connectivity index (χ1v) is 6.85. The molecule has 2 aromatic rings. The Balaban J connectivity index is 2.15. The molecule has 0 heterocycles. The highest BCUT2D eigenvalue weighted by Crippen LogP contribution is 2.21. The number of benzene rings is 2. The zero-order chi connectivity index (χ0) is 15.2. The number of hydrogen-bond donors (Lipinski definition) is 1. The van der Waals surface area contributed by atoms with Crippen LogP contribution in [0, 0.1) is 5.82 Å². The summed E-state index contributed by atoms with van der Waals surface area (Å²) in [4.78, 5) is 12.2. The maximum Gasteiger partial charge on any atom is 0.254 e. The molecule has 0 radical (unpaired) electrons. The van der Waals surface area contributed by atoms with Crippen LogP contribution in [0.15, 0.2) is 48.5 Å². The van der Waals surface area contributed by atoms with Crippen LogP contribution in [0.1, 0.15) is 35.3 Å². The van der Waals surface area contributed by atoms with Crippen molar-refractivity contribution in [3.05, 3.63) is 65.5 Å². The van der Waals surface area contributed by atoms with Gasteiger partial charge in [-0.2, -0.15) is 0 Å². The number of halogens is 1. The van der Waals surface area contributed by atoms with E-state index in [4.69, 9.17) is 4.74 Å². The van der Waals surface area contributed by atoms with Crippen LogP contribution in [0.25, 0.3) is 0 Å². The Hall–Kier alpha value is -2.36. The first-order chi connectivity index (χ1) is 10.2. The largest absolute Gasteiger partial charge is 0.497 e. The van der Waals surface area contributed by atoms with Gasteiger partial charge in [0.15, 0.2) is 0 Å². The molecule has 0 aliphatic carbocycles. The lowest BCUT2D eigenvalue weighted by molar-refractivity contribution is 0.0931. The fourth-order valence-corrected chi connectivity index (χ4v) is 2.14. The van der Waals surface area contributed by atoms with Gasteiger partial charge in [0.05, 0.1) is 18.7 Å². The van der Waals surface area contributed by atoms with Crippen LogP contribution in [0.3, 0.4) is 0 Å². The summed E-state index contributed by atoms with van der Waals surface area (Å²) in [6.07, 6.45) is 0.715. The number of amides is 1. The second-order valence-corrected chi connectivity index (χ2v) is 4.69. The Kier molecular flexibility index (Phi) is 4.93. The highest BCUT2D eigenvalue weighted by atomic mass is 19.1.